The third-order valence-corrected chi connectivity index (χ3v) is 5.17. The monoisotopic (exact) mass is 305 g/mol. The number of carbonyl (C=O) groups excluding carboxylic acids is 1. The van der Waals surface area contributed by atoms with Crippen LogP contribution >= 0.6 is 11.8 Å². The third-order valence-electron chi connectivity index (χ3n) is 4.07. The van der Waals surface area contributed by atoms with E-state index in [-0.39, 0.29) is 17.6 Å². The lowest BCUT2D eigenvalue weighted by atomic mass is 9.94. The summed E-state index contributed by atoms with van der Waals surface area (Å²) >= 11 is 1.88. The molecule has 1 saturated carbocycles. The van der Waals surface area contributed by atoms with Gasteiger partial charge in [0.15, 0.2) is 0 Å². The number of fused-ring (bicyclic) bond motifs is 1. The van der Waals surface area contributed by atoms with Crippen LogP contribution in [-0.4, -0.2) is 33.4 Å². The predicted molar refractivity (Wildman–Crippen MR) is 85.9 cm³/mol. The van der Waals surface area contributed by atoms with Crippen molar-refractivity contribution in [3.8, 4) is 0 Å². The molecule has 1 heterocycles. The lowest BCUT2D eigenvalue weighted by Gasteiger charge is -2.28. The molecule has 3 rings (SSSR count). The number of thioether (sulfide) groups is 1. The molecule has 5 nitrogen and oxygen atoms in total. The number of nitrogens with one attached hydrogen (secondary N) is 3. The van der Waals surface area contributed by atoms with Gasteiger partial charge in [0.05, 0.1) is 11.0 Å². The van der Waals surface area contributed by atoms with Gasteiger partial charge in [0.1, 0.15) is 0 Å². The van der Waals surface area contributed by atoms with Gasteiger partial charge in [-0.05, 0) is 43.7 Å². The van der Waals surface area contributed by atoms with Crippen LogP contribution < -0.4 is 11.0 Å². The maximum absolute atomic E-state index is 12.3. The molecule has 3 N–H and O–H groups in total. The molecule has 0 radical (unpaired) electrons. The van der Waals surface area contributed by atoms with Crippen LogP contribution in [0.3, 0.4) is 0 Å². The maximum atomic E-state index is 12.3. The molecule has 1 aliphatic carbocycles. The molecule has 0 aliphatic heterocycles. The van der Waals surface area contributed by atoms with Crippen molar-refractivity contribution in [2.75, 3.05) is 6.26 Å². The van der Waals surface area contributed by atoms with E-state index in [2.05, 4.69) is 21.5 Å². The minimum absolute atomic E-state index is 0.0642. The Morgan fingerprint density at radius 2 is 2.10 bits per heavy atom. The highest BCUT2D eigenvalue weighted by Crippen LogP contribution is 2.27. The van der Waals surface area contributed by atoms with E-state index in [1.165, 1.54) is 12.8 Å². The summed E-state index contributed by atoms with van der Waals surface area (Å²) in [6.45, 7) is 0. The van der Waals surface area contributed by atoms with Gasteiger partial charge in [0, 0.05) is 16.9 Å². The van der Waals surface area contributed by atoms with E-state index >= 15 is 0 Å². The number of rotatable bonds is 3. The smallest absolute Gasteiger partial charge is 0.323 e. The van der Waals surface area contributed by atoms with Crippen molar-refractivity contribution in [1.29, 1.82) is 0 Å². The van der Waals surface area contributed by atoms with Gasteiger partial charge in [-0.3, -0.25) is 4.79 Å². The van der Waals surface area contributed by atoms with Crippen LogP contribution in [0.25, 0.3) is 11.0 Å². The lowest BCUT2D eigenvalue weighted by molar-refractivity contribution is 0.0928. The fraction of sp³-hybridized carbons (Fsp3) is 0.467. The number of hydrogen-bond donors (Lipinski definition) is 3. The van der Waals surface area contributed by atoms with Crippen LogP contribution in [0.1, 0.15) is 36.0 Å². The van der Waals surface area contributed by atoms with Crippen LogP contribution in [-0.2, 0) is 0 Å². The Labute approximate surface area is 126 Å². The Hall–Kier alpha value is -1.69. The second kappa shape index (κ2) is 5.97. The first-order valence-electron chi connectivity index (χ1n) is 7.21. The Morgan fingerprint density at radius 3 is 2.90 bits per heavy atom. The summed E-state index contributed by atoms with van der Waals surface area (Å²) in [7, 11) is 0. The minimum Gasteiger partial charge on any atom is -0.349 e. The fourth-order valence-electron chi connectivity index (χ4n) is 2.93. The van der Waals surface area contributed by atoms with Crippen LogP contribution in [0.4, 0.5) is 0 Å². The zero-order valence-electron chi connectivity index (χ0n) is 11.9. The molecule has 2 atom stereocenters. The average Bonchev–Trinajstić information content (AvgIpc) is 2.86. The van der Waals surface area contributed by atoms with Crippen molar-refractivity contribution in [2.24, 2.45) is 0 Å². The Bertz CT molecular complexity index is 706. The first kappa shape index (κ1) is 14.3. The van der Waals surface area contributed by atoms with Crippen molar-refractivity contribution in [3.05, 3.63) is 34.2 Å². The molecule has 1 aromatic carbocycles. The summed E-state index contributed by atoms with van der Waals surface area (Å²) in [5, 5.41) is 3.76. The molecule has 1 amide bonds. The van der Waals surface area contributed by atoms with Gasteiger partial charge in [0.25, 0.3) is 5.91 Å². The highest BCUT2D eigenvalue weighted by atomic mass is 32.2. The van der Waals surface area contributed by atoms with Crippen LogP contribution in [0.2, 0.25) is 0 Å². The van der Waals surface area contributed by atoms with Gasteiger partial charge in [-0.15, -0.1) is 0 Å². The molecule has 1 aliphatic rings. The largest absolute Gasteiger partial charge is 0.349 e. The molecule has 0 bridgehead atoms. The topological polar surface area (TPSA) is 77.8 Å². The van der Waals surface area contributed by atoms with E-state index in [4.69, 9.17) is 0 Å². The van der Waals surface area contributed by atoms with E-state index in [1.54, 1.807) is 18.2 Å². The number of carbonyl (C=O) groups is 1. The summed E-state index contributed by atoms with van der Waals surface area (Å²) < 4.78 is 0. The average molecular weight is 305 g/mol. The number of benzene rings is 1. The number of aromatic amines is 2. The summed E-state index contributed by atoms with van der Waals surface area (Å²) in [5.41, 5.74) is 1.72. The predicted octanol–water partition coefficient (Wildman–Crippen LogP) is 2.26. The van der Waals surface area contributed by atoms with Crippen molar-refractivity contribution < 1.29 is 4.79 Å². The van der Waals surface area contributed by atoms with Crippen molar-refractivity contribution in [3.63, 3.8) is 0 Å². The van der Waals surface area contributed by atoms with E-state index in [1.807, 2.05) is 11.8 Å². The van der Waals surface area contributed by atoms with Crippen molar-refractivity contribution in [2.45, 2.75) is 37.0 Å². The summed E-state index contributed by atoms with van der Waals surface area (Å²) in [6, 6.07) is 5.48. The molecule has 21 heavy (non-hydrogen) atoms. The number of aromatic nitrogens is 2. The maximum Gasteiger partial charge on any atom is 0.323 e. The minimum atomic E-state index is -0.252. The number of hydrogen-bond acceptors (Lipinski definition) is 3. The summed E-state index contributed by atoms with van der Waals surface area (Å²) in [5.74, 6) is -0.0642. The molecular formula is C15H19N3O2S. The molecule has 6 heteroatoms. The van der Waals surface area contributed by atoms with Gasteiger partial charge in [-0.2, -0.15) is 11.8 Å². The Kier molecular flexibility index (Phi) is 4.05. The summed E-state index contributed by atoms with van der Waals surface area (Å²) in [6.07, 6.45) is 6.62. The first-order valence-corrected chi connectivity index (χ1v) is 8.50. The molecule has 112 valence electrons. The number of H-pyrrole nitrogens is 2. The highest BCUT2D eigenvalue weighted by Gasteiger charge is 2.23. The lowest BCUT2D eigenvalue weighted by Crippen LogP contribution is -2.39. The number of amides is 1. The van der Waals surface area contributed by atoms with E-state index in [9.17, 15) is 9.59 Å². The fourth-order valence-corrected chi connectivity index (χ4v) is 3.76. The molecule has 2 unspecified atom stereocenters. The highest BCUT2D eigenvalue weighted by molar-refractivity contribution is 7.99. The zero-order chi connectivity index (χ0) is 14.8. The zero-order valence-corrected chi connectivity index (χ0v) is 12.8. The second-order valence-corrected chi connectivity index (χ2v) is 6.67. The molecular weight excluding hydrogens is 286 g/mol. The van der Waals surface area contributed by atoms with Crippen LogP contribution in [0.5, 0.6) is 0 Å². The molecule has 1 aromatic heterocycles. The third kappa shape index (κ3) is 3.15. The van der Waals surface area contributed by atoms with Crippen LogP contribution in [0, 0.1) is 0 Å². The van der Waals surface area contributed by atoms with Gasteiger partial charge in [-0.1, -0.05) is 6.42 Å². The Balaban J connectivity index is 1.72. The normalized spacial score (nSPS) is 22.3. The van der Waals surface area contributed by atoms with E-state index in [0.717, 1.165) is 18.4 Å². The molecule has 0 saturated heterocycles. The molecule has 0 spiro atoms. The van der Waals surface area contributed by atoms with Crippen molar-refractivity contribution >= 4 is 28.7 Å². The second-order valence-electron chi connectivity index (χ2n) is 5.53. The van der Waals surface area contributed by atoms with Gasteiger partial charge < -0.3 is 15.3 Å². The quantitative estimate of drug-likeness (QED) is 0.814. The number of imidazole rings is 1. The SMILES string of the molecule is CSC1CCCC(NC(=O)c2ccc3[nH]c(=O)[nH]c3c2)C1. The Morgan fingerprint density at radius 1 is 1.29 bits per heavy atom. The van der Waals surface area contributed by atoms with E-state index in [0.29, 0.717) is 16.3 Å². The van der Waals surface area contributed by atoms with Gasteiger partial charge in [-0.25, -0.2) is 4.79 Å². The summed E-state index contributed by atoms with van der Waals surface area (Å²) in [4.78, 5) is 28.9. The first-order chi connectivity index (χ1) is 10.2. The molecule has 1 fully saturated rings. The van der Waals surface area contributed by atoms with Crippen molar-refractivity contribution in [1.82, 2.24) is 15.3 Å². The van der Waals surface area contributed by atoms with Gasteiger partial charge >= 0.3 is 5.69 Å². The van der Waals surface area contributed by atoms with Gasteiger partial charge in [0.2, 0.25) is 0 Å². The van der Waals surface area contributed by atoms with E-state index < -0.39 is 0 Å². The van der Waals surface area contributed by atoms with Crippen LogP contribution in [0.15, 0.2) is 23.0 Å². The molecule has 2 aromatic rings. The standard InChI is InChI=1S/C15H19N3O2S/c1-21-11-4-2-3-10(8-11)16-14(19)9-5-6-12-13(7-9)18-15(20)17-12/h5-7,10-11H,2-4,8H2,1H3,(H,16,19)(H2,17,18,20).